The van der Waals surface area contributed by atoms with Crippen LogP contribution in [0.4, 0.5) is 0 Å². The van der Waals surface area contributed by atoms with Crippen LogP contribution < -0.4 is 5.32 Å². The van der Waals surface area contributed by atoms with Gasteiger partial charge in [-0.1, -0.05) is 36.8 Å². The van der Waals surface area contributed by atoms with Crippen molar-refractivity contribution in [1.82, 2.24) is 10.2 Å². The largest absolute Gasteiger partial charge is 0.460 e. The lowest BCUT2D eigenvalue weighted by atomic mass is 9.86. The molecule has 0 amide bonds. The third-order valence-corrected chi connectivity index (χ3v) is 5.92. The van der Waals surface area contributed by atoms with Gasteiger partial charge in [0, 0.05) is 30.9 Å². The number of piperidine rings is 1. The molecule has 1 aromatic heterocycles. The van der Waals surface area contributed by atoms with Gasteiger partial charge in [-0.3, -0.25) is 4.90 Å². The molecule has 1 N–H and O–H groups in total. The molecule has 4 heteroatoms. The van der Waals surface area contributed by atoms with Gasteiger partial charge in [0.1, 0.15) is 11.5 Å². The summed E-state index contributed by atoms with van der Waals surface area (Å²) in [6.45, 7) is 6.04. The molecule has 140 valence electrons. The maximum absolute atomic E-state index is 6.04. The Kier molecular flexibility index (Phi) is 5.73. The van der Waals surface area contributed by atoms with E-state index >= 15 is 0 Å². The number of hydrogen-bond acceptors (Lipinski definition) is 4. The second-order valence-corrected chi connectivity index (χ2v) is 7.62. The van der Waals surface area contributed by atoms with E-state index < -0.39 is 0 Å². The summed E-state index contributed by atoms with van der Waals surface area (Å²) in [6, 6.07) is 14.5. The minimum Gasteiger partial charge on any atom is -0.460 e. The fourth-order valence-electron chi connectivity index (χ4n) is 4.37. The summed E-state index contributed by atoms with van der Waals surface area (Å²) in [6.07, 6.45) is 6.31. The van der Waals surface area contributed by atoms with E-state index in [1.807, 2.05) is 18.2 Å². The molecule has 0 radical (unpaired) electrons. The third-order valence-electron chi connectivity index (χ3n) is 5.92. The number of benzene rings is 1. The molecule has 2 fully saturated rings. The minimum atomic E-state index is 0.257. The fourth-order valence-corrected chi connectivity index (χ4v) is 4.37. The molecule has 0 aliphatic carbocycles. The summed E-state index contributed by atoms with van der Waals surface area (Å²) < 4.78 is 11.7. The summed E-state index contributed by atoms with van der Waals surface area (Å²) in [4.78, 5) is 2.73. The van der Waals surface area contributed by atoms with E-state index in [0.717, 1.165) is 56.2 Å². The van der Waals surface area contributed by atoms with Crippen LogP contribution in [-0.4, -0.2) is 43.3 Å². The summed E-state index contributed by atoms with van der Waals surface area (Å²) in [7, 11) is 0. The normalized spacial score (nSPS) is 20.9. The van der Waals surface area contributed by atoms with Crippen LogP contribution in [0, 0.1) is 0 Å². The Morgan fingerprint density at radius 2 is 1.69 bits per heavy atom. The lowest BCUT2D eigenvalue weighted by Gasteiger charge is -2.48. The monoisotopic (exact) mass is 354 g/mol. The van der Waals surface area contributed by atoms with Crippen molar-refractivity contribution in [1.29, 1.82) is 0 Å². The van der Waals surface area contributed by atoms with Gasteiger partial charge in [-0.15, -0.1) is 0 Å². The summed E-state index contributed by atoms with van der Waals surface area (Å²) in [5, 5.41) is 3.68. The van der Waals surface area contributed by atoms with Gasteiger partial charge in [0.05, 0.1) is 6.54 Å². The average Bonchev–Trinajstić information content (AvgIpc) is 3.19. The predicted octanol–water partition coefficient (Wildman–Crippen LogP) is 4.07. The van der Waals surface area contributed by atoms with Gasteiger partial charge in [-0.05, 0) is 50.9 Å². The van der Waals surface area contributed by atoms with E-state index in [1.165, 1.54) is 32.4 Å². The quantitative estimate of drug-likeness (QED) is 0.848. The standard InChI is InChI=1S/C22H30N2O2/c1-3-7-19(8-4-1)21-10-9-20(26-21)17-23-18-22(11-15-25-16-12-22)24-13-5-2-6-14-24/h1,3-4,7-10,23H,2,5-6,11-18H2. The highest BCUT2D eigenvalue weighted by Gasteiger charge is 2.38. The molecule has 0 unspecified atom stereocenters. The van der Waals surface area contributed by atoms with E-state index in [9.17, 15) is 0 Å². The zero-order valence-electron chi connectivity index (χ0n) is 15.6. The molecule has 0 spiro atoms. The van der Waals surface area contributed by atoms with Crippen LogP contribution in [0.3, 0.4) is 0 Å². The lowest BCUT2D eigenvalue weighted by molar-refractivity contribution is -0.0359. The summed E-state index contributed by atoms with van der Waals surface area (Å²) in [5.41, 5.74) is 1.39. The third kappa shape index (κ3) is 4.03. The Morgan fingerprint density at radius 3 is 2.46 bits per heavy atom. The van der Waals surface area contributed by atoms with Crippen molar-refractivity contribution in [2.24, 2.45) is 0 Å². The number of furan rings is 1. The lowest BCUT2D eigenvalue weighted by Crippen LogP contribution is -2.59. The maximum Gasteiger partial charge on any atom is 0.134 e. The zero-order chi connectivity index (χ0) is 17.7. The highest BCUT2D eigenvalue weighted by atomic mass is 16.5. The van der Waals surface area contributed by atoms with Crippen molar-refractivity contribution in [3.63, 3.8) is 0 Å². The van der Waals surface area contributed by atoms with Gasteiger partial charge in [-0.25, -0.2) is 0 Å². The molecule has 4 rings (SSSR count). The van der Waals surface area contributed by atoms with Gasteiger partial charge in [0.15, 0.2) is 0 Å². The van der Waals surface area contributed by atoms with Gasteiger partial charge < -0.3 is 14.5 Å². The molecule has 0 atom stereocenters. The first-order chi connectivity index (χ1) is 12.9. The van der Waals surface area contributed by atoms with Crippen molar-refractivity contribution < 1.29 is 9.15 Å². The van der Waals surface area contributed by atoms with Crippen LogP contribution in [0.2, 0.25) is 0 Å². The maximum atomic E-state index is 6.04. The highest BCUT2D eigenvalue weighted by molar-refractivity contribution is 5.57. The molecule has 26 heavy (non-hydrogen) atoms. The van der Waals surface area contributed by atoms with E-state index in [0.29, 0.717) is 0 Å². The number of nitrogens with zero attached hydrogens (tertiary/aromatic N) is 1. The molecule has 2 aliphatic rings. The van der Waals surface area contributed by atoms with Crippen LogP contribution in [0.15, 0.2) is 46.9 Å². The fraction of sp³-hybridized carbons (Fsp3) is 0.545. The van der Waals surface area contributed by atoms with E-state index in [4.69, 9.17) is 9.15 Å². The second kappa shape index (κ2) is 8.38. The minimum absolute atomic E-state index is 0.257. The molecule has 0 bridgehead atoms. The van der Waals surface area contributed by atoms with Crippen molar-refractivity contribution in [2.75, 3.05) is 32.8 Å². The molecule has 4 nitrogen and oxygen atoms in total. The number of nitrogens with one attached hydrogen (secondary N) is 1. The Labute approximate surface area is 156 Å². The molecular weight excluding hydrogens is 324 g/mol. The van der Waals surface area contributed by atoms with E-state index in [1.54, 1.807) is 0 Å². The van der Waals surface area contributed by atoms with Crippen LogP contribution in [-0.2, 0) is 11.3 Å². The zero-order valence-corrected chi connectivity index (χ0v) is 15.6. The molecule has 0 saturated carbocycles. The molecule has 2 saturated heterocycles. The van der Waals surface area contributed by atoms with Gasteiger partial charge in [0.25, 0.3) is 0 Å². The SMILES string of the molecule is c1ccc(-c2ccc(CNCC3(N4CCCCC4)CCOCC3)o2)cc1. The smallest absolute Gasteiger partial charge is 0.134 e. The Bertz CT molecular complexity index is 670. The molecular formula is C22H30N2O2. The number of likely N-dealkylation sites (tertiary alicyclic amines) is 1. The molecule has 1 aromatic carbocycles. The van der Waals surface area contributed by atoms with Crippen LogP contribution >= 0.6 is 0 Å². The van der Waals surface area contributed by atoms with Crippen molar-refractivity contribution in [3.05, 3.63) is 48.2 Å². The van der Waals surface area contributed by atoms with Crippen LogP contribution in [0.25, 0.3) is 11.3 Å². The van der Waals surface area contributed by atoms with Crippen molar-refractivity contribution >= 4 is 0 Å². The Hall–Kier alpha value is -1.62. The molecule has 3 heterocycles. The van der Waals surface area contributed by atoms with E-state index in [-0.39, 0.29) is 5.54 Å². The first-order valence-corrected chi connectivity index (χ1v) is 10.0. The molecule has 2 aromatic rings. The van der Waals surface area contributed by atoms with Gasteiger partial charge in [-0.2, -0.15) is 0 Å². The van der Waals surface area contributed by atoms with Crippen molar-refractivity contribution in [2.45, 2.75) is 44.2 Å². The van der Waals surface area contributed by atoms with Gasteiger partial charge >= 0.3 is 0 Å². The first kappa shape index (κ1) is 17.8. The van der Waals surface area contributed by atoms with Crippen molar-refractivity contribution in [3.8, 4) is 11.3 Å². The summed E-state index contributed by atoms with van der Waals surface area (Å²) >= 11 is 0. The number of ether oxygens (including phenoxy) is 1. The molecule has 2 aliphatic heterocycles. The second-order valence-electron chi connectivity index (χ2n) is 7.62. The number of hydrogen-bond donors (Lipinski definition) is 1. The Balaban J connectivity index is 1.37. The number of rotatable bonds is 6. The first-order valence-electron chi connectivity index (χ1n) is 10.0. The van der Waals surface area contributed by atoms with Crippen LogP contribution in [0.1, 0.15) is 37.9 Å². The topological polar surface area (TPSA) is 37.6 Å². The predicted molar refractivity (Wildman–Crippen MR) is 104 cm³/mol. The highest BCUT2D eigenvalue weighted by Crippen LogP contribution is 2.30. The van der Waals surface area contributed by atoms with E-state index in [2.05, 4.69) is 34.5 Å². The summed E-state index contributed by atoms with van der Waals surface area (Å²) in [5.74, 6) is 1.95. The Morgan fingerprint density at radius 1 is 0.923 bits per heavy atom. The van der Waals surface area contributed by atoms with Crippen LogP contribution in [0.5, 0.6) is 0 Å². The van der Waals surface area contributed by atoms with Gasteiger partial charge in [0.2, 0.25) is 0 Å². The average molecular weight is 354 g/mol.